The van der Waals surface area contributed by atoms with Crippen molar-refractivity contribution in [3.8, 4) is 0 Å². The lowest BCUT2D eigenvalue weighted by Crippen LogP contribution is -2.47. The van der Waals surface area contributed by atoms with Gasteiger partial charge < -0.3 is 5.32 Å². The molecular formula is C14H17BrClN3O2S. The molecule has 0 aliphatic heterocycles. The van der Waals surface area contributed by atoms with E-state index in [1.54, 1.807) is 19.9 Å². The summed E-state index contributed by atoms with van der Waals surface area (Å²) in [5.41, 5.74) is 0.0667. The molecule has 8 heteroatoms. The van der Waals surface area contributed by atoms with Gasteiger partial charge in [0.15, 0.2) is 0 Å². The first-order valence-electron chi connectivity index (χ1n) is 6.54. The van der Waals surface area contributed by atoms with Gasteiger partial charge in [0.1, 0.15) is 5.82 Å². The normalized spacial score (nSPS) is 12.6. The summed E-state index contributed by atoms with van der Waals surface area (Å²) in [7, 11) is -3.27. The number of fused-ring (bicyclic) bond motifs is 1. The number of hydrogen-bond acceptors (Lipinski definition) is 4. The van der Waals surface area contributed by atoms with E-state index in [0.29, 0.717) is 22.9 Å². The lowest BCUT2D eigenvalue weighted by atomic mass is 10.1. The highest BCUT2D eigenvalue weighted by atomic mass is 79.9. The van der Waals surface area contributed by atoms with Crippen LogP contribution in [0.15, 0.2) is 28.7 Å². The van der Waals surface area contributed by atoms with Crippen LogP contribution < -0.4 is 10.0 Å². The number of pyridine rings is 1. The van der Waals surface area contributed by atoms with Crippen LogP contribution in [-0.4, -0.2) is 31.7 Å². The van der Waals surface area contributed by atoms with Gasteiger partial charge in [-0.2, -0.15) is 0 Å². The average molecular weight is 407 g/mol. The van der Waals surface area contributed by atoms with Gasteiger partial charge in [0, 0.05) is 21.9 Å². The van der Waals surface area contributed by atoms with Crippen molar-refractivity contribution in [2.45, 2.75) is 19.4 Å². The Morgan fingerprint density at radius 3 is 2.64 bits per heavy atom. The van der Waals surface area contributed by atoms with Crippen LogP contribution in [0.2, 0.25) is 5.02 Å². The van der Waals surface area contributed by atoms with Crippen LogP contribution in [0.5, 0.6) is 0 Å². The number of aromatic nitrogens is 1. The first-order chi connectivity index (χ1) is 10.1. The highest BCUT2D eigenvalue weighted by Crippen LogP contribution is 2.27. The number of halogens is 2. The molecule has 2 N–H and O–H groups in total. The van der Waals surface area contributed by atoms with E-state index >= 15 is 0 Å². The molecule has 0 unspecified atom stereocenters. The van der Waals surface area contributed by atoms with Crippen molar-refractivity contribution >= 4 is 54.3 Å². The van der Waals surface area contributed by atoms with Crippen LogP contribution in [0.4, 0.5) is 5.82 Å². The minimum atomic E-state index is -3.27. The second-order valence-corrected chi connectivity index (χ2v) is 8.84. The molecule has 0 fully saturated rings. The number of sulfonamides is 1. The van der Waals surface area contributed by atoms with Crippen molar-refractivity contribution in [3.05, 3.63) is 33.8 Å². The molecule has 5 nitrogen and oxygen atoms in total. The lowest BCUT2D eigenvalue weighted by Gasteiger charge is -2.25. The van der Waals surface area contributed by atoms with Crippen LogP contribution in [0.1, 0.15) is 13.8 Å². The van der Waals surface area contributed by atoms with E-state index < -0.39 is 15.6 Å². The summed E-state index contributed by atoms with van der Waals surface area (Å²) in [4.78, 5) is 4.47. The SMILES string of the molecule is CC(C)(CNc1ccc2cc(Br)cc(Cl)c2n1)NS(C)(=O)=O. The number of benzene rings is 1. The zero-order valence-electron chi connectivity index (χ0n) is 12.4. The zero-order valence-corrected chi connectivity index (χ0v) is 15.6. The maximum atomic E-state index is 11.3. The molecule has 0 bridgehead atoms. The third-order valence-electron chi connectivity index (χ3n) is 2.88. The van der Waals surface area contributed by atoms with E-state index in [2.05, 4.69) is 31.0 Å². The fourth-order valence-electron chi connectivity index (χ4n) is 2.11. The zero-order chi connectivity index (χ0) is 16.5. The van der Waals surface area contributed by atoms with E-state index in [0.717, 1.165) is 16.1 Å². The third-order valence-corrected chi connectivity index (χ3v) is 4.55. The number of hydrogen-bond donors (Lipinski definition) is 2. The largest absolute Gasteiger partial charge is 0.368 e. The molecule has 0 saturated carbocycles. The van der Waals surface area contributed by atoms with Gasteiger partial charge in [-0.05, 0) is 38.1 Å². The summed E-state index contributed by atoms with van der Waals surface area (Å²) in [5, 5.41) is 4.62. The molecular weight excluding hydrogens is 390 g/mol. The number of nitrogens with zero attached hydrogens (tertiary/aromatic N) is 1. The lowest BCUT2D eigenvalue weighted by molar-refractivity contribution is 0.476. The molecule has 0 aliphatic rings. The predicted molar refractivity (Wildman–Crippen MR) is 95.0 cm³/mol. The Hall–Kier alpha value is -0.890. The van der Waals surface area contributed by atoms with Gasteiger partial charge in [-0.15, -0.1) is 0 Å². The highest BCUT2D eigenvalue weighted by molar-refractivity contribution is 9.10. The van der Waals surface area contributed by atoms with Crippen molar-refractivity contribution < 1.29 is 8.42 Å². The van der Waals surface area contributed by atoms with Crippen molar-refractivity contribution in [1.82, 2.24) is 9.71 Å². The number of anilines is 1. The third kappa shape index (κ3) is 4.81. The summed E-state index contributed by atoms with van der Waals surface area (Å²) < 4.78 is 26.1. The van der Waals surface area contributed by atoms with Crippen LogP contribution in [-0.2, 0) is 10.0 Å². The minimum absolute atomic E-state index is 0.396. The van der Waals surface area contributed by atoms with E-state index in [4.69, 9.17) is 11.6 Å². The fraction of sp³-hybridized carbons (Fsp3) is 0.357. The molecule has 2 rings (SSSR count). The first-order valence-corrected chi connectivity index (χ1v) is 9.61. The summed E-state index contributed by atoms with van der Waals surface area (Å²) in [6, 6.07) is 7.48. The monoisotopic (exact) mass is 405 g/mol. The molecule has 0 radical (unpaired) electrons. The van der Waals surface area contributed by atoms with Gasteiger partial charge in [0.2, 0.25) is 10.0 Å². The number of nitrogens with one attached hydrogen (secondary N) is 2. The summed E-state index contributed by atoms with van der Waals surface area (Å²) in [5.74, 6) is 0.639. The van der Waals surface area contributed by atoms with Crippen molar-refractivity contribution in [3.63, 3.8) is 0 Å². The second-order valence-electron chi connectivity index (χ2n) is 5.77. The Morgan fingerprint density at radius 2 is 2.00 bits per heavy atom. The van der Waals surface area contributed by atoms with Gasteiger partial charge in [0.25, 0.3) is 0 Å². The molecule has 120 valence electrons. The van der Waals surface area contributed by atoms with E-state index in [1.165, 1.54) is 0 Å². The minimum Gasteiger partial charge on any atom is -0.368 e. The maximum absolute atomic E-state index is 11.3. The Morgan fingerprint density at radius 1 is 1.32 bits per heavy atom. The summed E-state index contributed by atoms with van der Waals surface area (Å²) in [6.45, 7) is 3.99. The predicted octanol–water partition coefficient (Wildman–Crippen LogP) is 3.39. The molecule has 0 spiro atoms. The van der Waals surface area contributed by atoms with Crippen LogP contribution in [0.25, 0.3) is 10.9 Å². The highest BCUT2D eigenvalue weighted by Gasteiger charge is 2.22. The Bertz CT molecular complexity index is 809. The first kappa shape index (κ1) is 17.5. The smallest absolute Gasteiger partial charge is 0.209 e. The molecule has 1 heterocycles. The molecule has 0 atom stereocenters. The molecule has 1 aromatic heterocycles. The quantitative estimate of drug-likeness (QED) is 0.798. The van der Waals surface area contributed by atoms with Gasteiger partial charge in [-0.25, -0.2) is 18.1 Å². The molecule has 0 aliphatic carbocycles. The van der Waals surface area contributed by atoms with Gasteiger partial charge in [-0.3, -0.25) is 0 Å². The van der Waals surface area contributed by atoms with Crippen molar-refractivity contribution in [1.29, 1.82) is 0 Å². The molecule has 0 amide bonds. The molecule has 1 aromatic carbocycles. The Kier molecular flexibility index (Phi) is 5.01. The molecule has 2 aromatic rings. The van der Waals surface area contributed by atoms with E-state index in [9.17, 15) is 8.42 Å². The van der Waals surface area contributed by atoms with E-state index in [-0.39, 0.29) is 0 Å². The van der Waals surface area contributed by atoms with Crippen LogP contribution in [0, 0.1) is 0 Å². The molecule has 22 heavy (non-hydrogen) atoms. The topological polar surface area (TPSA) is 71.1 Å². The second kappa shape index (κ2) is 6.31. The van der Waals surface area contributed by atoms with Gasteiger partial charge in [-0.1, -0.05) is 27.5 Å². The maximum Gasteiger partial charge on any atom is 0.209 e. The van der Waals surface area contributed by atoms with Gasteiger partial charge in [0.05, 0.1) is 16.8 Å². The van der Waals surface area contributed by atoms with Crippen LogP contribution in [0.3, 0.4) is 0 Å². The van der Waals surface area contributed by atoms with Crippen molar-refractivity contribution in [2.75, 3.05) is 18.1 Å². The summed E-state index contributed by atoms with van der Waals surface area (Å²) in [6.07, 6.45) is 1.14. The average Bonchev–Trinajstić information content (AvgIpc) is 2.33. The van der Waals surface area contributed by atoms with E-state index in [1.807, 2.05) is 18.2 Å². The Balaban J connectivity index is 2.19. The fourth-order valence-corrected chi connectivity index (χ4v) is 4.06. The Labute approximate surface area is 143 Å². The molecule has 0 saturated heterocycles. The van der Waals surface area contributed by atoms with Gasteiger partial charge >= 0.3 is 0 Å². The number of rotatable bonds is 5. The standard InChI is InChI=1S/C14H17BrClN3O2S/c1-14(2,19-22(3,20)21)8-17-12-5-4-9-6-10(15)7-11(16)13(9)18-12/h4-7,19H,8H2,1-3H3,(H,17,18). The van der Waals surface area contributed by atoms with Crippen LogP contribution >= 0.6 is 27.5 Å². The summed E-state index contributed by atoms with van der Waals surface area (Å²) >= 11 is 9.59. The van der Waals surface area contributed by atoms with Crippen molar-refractivity contribution in [2.24, 2.45) is 0 Å².